The predicted octanol–water partition coefficient (Wildman–Crippen LogP) is 6.21. The summed E-state index contributed by atoms with van der Waals surface area (Å²) in [7, 11) is -2.68. The van der Waals surface area contributed by atoms with Crippen LogP contribution in [0, 0.1) is 22.9 Å². The first kappa shape index (κ1) is 20.1. The van der Waals surface area contributed by atoms with Gasteiger partial charge in [0.15, 0.2) is 0 Å². The average Bonchev–Trinajstić information content (AvgIpc) is 2.57. The maximum atomic E-state index is 4.27. The molecular weight excluding hydrogens is 344 g/mol. The Morgan fingerprint density at radius 1 is 0.615 bits per heavy atom. The molecule has 0 unspecified atom stereocenters. The molecule has 0 heterocycles. The van der Waals surface area contributed by atoms with Crippen LogP contribution in [0.5, 0.6) is 0 Å². The summed E-state index contributed by atoms with van der Waals surface area (Å²) in [4.78, 5) is 0. The van der Waals surface area contributed by atoms with E-state index in [-0.39, 0.29) is 0 Å². The van der Waals surface area contributed by atoms with Crippen LogP contribution in [-0.2, 0) is 0 Å². The molecule has 132 valence electrons. The second-order valence-corrected chi connectivity index (χ2v) is 18.1. The lowest BCUT2D eigenvalue weighted by Gasteiger charge is -2.08. The monoisotopic (exact) mass is 372 g/mol. The third-order valence-corrected chi connectivity index (χ3v) is 5.38. The van der Waals surface area contributed by atoms with Crippen molar-refractivity contribution in [2.75, 3.05) is 0 Å². The lowest BCUT2D eigenvalue weighted by molar-refractivity contribution is 1.53. The fraction of sp³-hybridized carbons (Fsp3) is 0.250. The van der Waals surface area contributed by atoms with Gasteiger partial charge in [0.2, 0.25) is 0 Å². The summed E-state index contributed by atoms with van der Waals surface area (Å²) in [5, 5.41) is 0. The summed E-state index contributed by atoms with van der Waals surface area (Å²) in [5.74, 6) is 6.59. The molecule has 0 atom stereocenters. The summed E-state index contributed by atoms with van der Waals surface area (Å²) in [5.41, 5.74) is 12.2. The van der Waals surface area contributed by atoms with Gasteiger partial charge in [0.1, 0.15) is 16.1 Å². The van der Waals surface area contributed by atoms with E-state index in [4.69, 9.17) is 0 Å². The predicted molar refractivity (Wildman–Crippen MR) is 121 cm³/mol. The molecule has 26 heavy (non-hydrogen) atoms. The maximum Gasteiger partial charge on any atom is 0.129 e. The van der Waals surface area contributed by atoms with Crippen LogP contribution in [0.15, 0.2) is 55.1 Å². The van der Waals surface area contributed by atoms with E-state index in [2.05, 4.69) is 117 Å². The average molecular weight is 373 g/mol. The van der Waals surface area contributed by atoms with E-state index in [1.165, 1.54) is 0 Å². The molecule has 2 aromatic rings. The molecule has 0 amide bonds. The molecular formula is C24H28Si2. The van der Waals surface area contributed by atoms with Gasteiger partial charge in [-0.3, -0.25) is 0 Å². The third kappa shape index (κ3) is 6.56. The van der Waals surface area contributed by atoms with Gasteiger partial charge < -0.3 is 0 Å². The Labute approximate surface area is 161 Å². The van der Waals surface area contributed by atoms with Crippen LogP contribution in [0.1, 0.15) is 22.3 Å². The highest BCUT2D eigenvalue weighted by molar-refractivity contribution is 6.84. The van der Waals surface area contributed by atoms with E-state index in [9.17, 15) is 0 Å². The molecule has 0 aliphatic carbocycles. The van der Waals surface area contributed by atoms with Gasteiger partial charge in [-0.1, -0.05) is 82.0 Å². The van der Waals surface area contributed by atoms with Crippen molar-refractivity contribution in [2.24, 2.45) is 0 Å². The lowest BCUT2D eigenvalue weighted by atomic mass is 9.98. The molecule has 0 bridgehead atoms. The summed E-state index contributed by atoms with van der Waals surface area (Å²) >= 11 is 0. The molecule has 0 spiro atoms. The van der Waals surface area contributed by atoms with Crippen LogP contribution < -0.4 is 0 Å². The van der Waals surface area contributed by atoms with Crippen molar-refractivity contribution in [3.63, 3.8) is 0 Å². The van der Waals surface area contributed by atoms with Gasteiger partial charge in [0, 0.05) is 11.1 Å². The highest BCUT2D eigenvalue weighted by Gasteiger charge is 2.08. The second-order valence-electron chi connectivity index (χ2n) is 8.63. The Balaban J connectivity index is 2.16. The van der Waals surface area contributed by atoms with E-state index in [1.807, 2.05) is 0 Å². The van der Waals surface area contributed by atoms with Crippen LogP contribution in [-0.4, -0.2) is 16.1 Å². The molecule has 2 rings (SSSR count). The molecule has 0 aromatic heterocycles. The first-order valence-corrected chi connectivity index (χ1v) is 16.0. The van der Waals surface area contributed by atoms with E-state index in [0.717, 1.165) is 27.8 Å². The summed E-state index contributed by atoms with van der Waals surface area (Å²) < 4.78 is 0. The third-order valence-electron chi connectivity index (χ3n) is 3.63. The zero-order chi connectivity index (χ0) is 19.4. The fourth-order valence-electron chi connectivity index (χ4n) is 2.20. The Morgan fingerprint density at radius 3 is 1.19 bits per heavy atom. The van der Waals surface area contributed by atoms with Gasteiger partial charge in [-0.05, 0) is 41.0 Å². The Kier molecular flexibility index (Phi) is 6.14. The van der Waals surface area contributed by atoms with Gasteiger partial charge in [-0.15, -0.1) is 11.1 Å². The first-order valence-electron chi connectivity index (χ1n) is 9.00. The molecule has 0 radical (unpaired) electrons. The van der Waals surface area contributed by atoms with Gasteiger partial charge >= 0.3 is 0 Å². The second kappa shape index (κ2) is 7.96. The van der Waals surface area contributed by atoms with E-state index >= 15 is 0 Å². The zero-order valence-corrected chi connectivity index (χ0v) is 18.8. The summed E-state index contributed by atoms with van der Waals surface area (Å²) in [6.07, 6.45) is 0. The van der Waals surface area contributed by atoms with Crippen molar-refractivity contribution < 1.29 is 0 Å². The zero-order valence-electron chi connectivity index (χ0n) is 16.8. The first-order chi connectivity index (χ1) is 12.0. The van der Waals surface area contributed by atoms with E-state index in [1.54, 1.807) is 0 Å². The van der Waals surface area contributed by atoms with Gasteiger partial charge in [0.05, 0.1) is 0 Å². The molecule has 0 saturated carbocycles. The summed E-state index contributed by atoms with van der Waals surface area (Å²) in [6.45, 7) is 17.8. The molecule has 2 aromatic carbocycles. The quantitative estimate of drug-likeness (QED) is 0.434. The molecule has 0 saturated heterocycles. The minimum atomic E-state index is -1.34. The van der Waals surface area contributed by atoms with Crippen molar-refractivity contribution >= 4 is 21.7 Å². The normalized spacial score (nSPS) is 11.0. The molecule has 0 N–H and O–H groups in total. The van der Waals surface area contributed by atoms with Crippen molar-refractivity contribution in [3.05, 3.63) is 77.4 Å². The Bertz CT molecular complexity index is 818. The van der Waals surface area contributed by atoms with Gasteiger partial charge in [0.25, 0.3) is 0 Å². The molecule has 2 heteroatoms. The van der Waals surface area contributed by atoms with Crippen molar-refractivity contribution in [1.82, 2.24) is 0 Å². The minimum Gasteiger partial charge on any atom is -0.127 e. The highest BCUT2D eigenvalue weighted by atomic mass is 28.3. The minimum absolute atomic E-state index is 1.03. The number of hydrogen-bond donors (Lipinski definition) is 0. The molecule has 0 fully saturated rings. The number of rotatable bonds is 2. The molecule has 0 aliphatic heterocycles. The summed E-state index contributed by atoms with van der Waals surface area (Å²) in [6, 6.07) is 16.8. The smallest absolute Gasteiger partial charge is 0.127 e. The molecule has 0 nitrogen and oxygen atoms in total. The van der Waals surface area contributed by atoms with Gasteiger partial charge in [-0.25, -0.2) is 0 Å². The highest BCUT2D eigenvalue weighted by Crippen LogP contribution is 2.22. The fourth-order valence-corrected chi connectivity index (χ4v) is 3.23. The maximum absolute atomic E-state index is 4.27. The van der Waals surface area contributed by atoms with E-state index < -0.39 is 16.1 Å². The van der Waals surface area contributed by atoms with Crippen LogP contribution >= 0.6 is 0 Å². The van der Waals surface area contributed by atoms with Crippen molar-refractivity contribution in [1.29, 1.82) is 0 Å². The van der Waals surface area contributed by atoms with Crippen LogP contribution in [0.2, 0.25) is 39.3 Å². The standard InChI is InChI=1S/C24H28Si2/c1-20(23-12-8-21(9-13-23)16-18-25(2,3)4)24-14-10-22(11-15-24)17-19-26(5,6)7/h8-15H,1H2,2-7H3. The SMILES string of the molecule is C=C(c1ccc(C#C[Si](C)(C)C)cc1)c1ccc(C#C[Si](C)(C)C)cc1. The van der Waals surface area contributed by atoms with Crippen LogP contribution in [0.3, 0.4) is 0 Å². The van der Waals surface area contributed by atoms with E-state index in [0.29, 0.717) is 0 Å². The Hall–Kier alpha value is -2.27. The number of benzene rings is 2. The number of hydrogen-bond acceptors (Lipinski definition) is 0. The van der Waals surface area contributed by atoms with Crippen LogP contribution in [0.25, 0.3) is 5.57 Å². The largest absolute Gasteiger partial charge is 0.129 e. The molecule has 0 aliphatic rings. The lowest BCUT2D eigenvalue weighted by Crippen LogP contribution is -2.16. The topological polar surface area (TPSA) is 0 Å². The van der Waals surface area contributed by atoms with Crippen LogP contribution in [0.4, 0.5) is 0 Å². The Morgan fingerprint density at radius 2 is 0.923 bits per heavy atom. The van der Waals surface area contributed by atoms with Crippen molar-refractivity contribution in [3.8, 4) is 22.9 Å². The van der Waals surface area contributed by atoms with Crippen molar-refractivity contribution in [2.45, 2.75) is 39.3 Å². The van der Waals surface area contributed by atoms with Gasteiger partial charge in [-0.2, -0.15) is 0 Å².